The quantitative estimate of drug-likeness (QED) is 0.595. The van der Waals surface area contributed by atoms with Crippen molar-refractivity contribution in [3.8, 4) is 0 Å². The molecular formula is C18H27F3N4O. The fourth-order valence-electron chi connectivity index (χ4n) is 2.96. The lowest BCUT2D eigenvalue weighted by atomic mass is 10.0. The number of hydrogen-bond acceptors (Lipinski definition) is 3. The standard InChI is InChI=1S/C18H27F3N4O/c1-14-4-3-5-15(12-14)16(25-8-10-26-11-9-25)13-24-17(22-2)23-7-6-18(19,20)21/h3-5,12,16H,6-11,13H2,1-2H3,(H2,22,23,24). The van der Waals surface area contributed by atoms with Crippen LogP contribution in [0.4, 0.5) is 13.2 Å². The third kappa shape index (κ3) is 6.84. The van der Waals surface area contributed by atoms with E-state index < -0.39 is 12.6 Å². The second-order valence-electron chi connectivity index (χ2n) is 6.32. The zero-order chi connectivity index (χ0) is 19.0. The third-order valence-electron chi connectivity index (χ3n) is 4.30. The van der Waals surface area contributed by atoms with Gasteiger partial charge in [0.25, 0.3) is 0 Å². The summed E-state index contributed by atoms with van der Waals surface area (Å²) in [6.45, 7) is 5.40. The Morgan fingerprint density at radius 2 is 2.00 bits per heavy atom. The van der Waals surface area contributed by atoms with Gasteiger partial charge in [0.1, 0.15) is 0 Å². The first-order chi connectivity index (χ1) is 12.4. The van der Waals surface area contributed by atoms with Crippen molar-refractivity contribution < 1.29 is 17.9 Å². The molecule has 0 amide bonds. The lowest BCUT2D eigenvalue weighted by molar-refractivity contribution is -0.132. The van der Waals surface area contributed by atoms with Gasteiger partial charge < -0.3 is 15.4 Å². The highest BCUT2D eigenvalue weighted by Crippen LogP contribution is 2.22. The highest BCUT2D eigenvalue weighted by atomic mass is 19.4. The Labute approximate surface area is 152 Å². The number of aliphatic imine (C=N–C) groups is 1. The highest BCUT2D eigenvalue weighted by Gasteiger charge is 2.27. The molecule has 1 heterocycles. The maximum absolute atomic E-state index is 12.3. The van der Waals surface area contributed by atoms with Crippen LogP contribution in [-0.4, -0.2) is 63.5 Å². The van der Waals surface area contributed by atoms with Gasteiger partial charge in [0.2, 0.25) is 0 Å². The van der Waals surface area contributed by atoms with Gasteiger partial charge in [-0.05, 0) is 12.5 Å². The fraction of sp³-hybridized carbons (Fsp3) is 0.611. The molecule has 0 aromatic heterocycles. The Hall–Kier alpha value is -1.80. The maximum Gasteiger partial charge on any atom is 0.390 e. The third-order valence-corrected chi connectivity index (χ3v) is 4.30. The van der Waals surface area contributed by atoms with Crippen LogP contribution < -0.4 is 10.6 Å². The lowest BCUT2D eigenvalue weighted by Crippen LogP contribution is -2.46. The van der Waals surface area contributed by atoms with E-state index in [1.54, 1.807) is 7.05 Å². The summed E-state index contributed by atoms with van der Waals surface area (Å²) in [6.07, 6.45) is -5.07. The van der Waals surface area contributed by atoms with Crippen LogP contribution in [-0.2, 0) is 4.74 Å². The number of benzene rings is 1. The maximum atomic E-state index is 12.3. The van der Waals surface area contributed by atoms with Crippen molar-refractivity contribution in [2.24, 2.45) is 4.99 Å². The van der Waals surface area contributed by atoms with Gasteiger partial charge in [0, 0.05) is 33.2 Å². The van der Waals surface area contributed by atoms with Crippen molar-refractivity contribution >= 4 is 5.96 Å². The summed E-state index contributed by atoms with van der Waals surface area (Å²) in [5.41, 5.74) is 2.35. The first-order valence-electron chi connectivity index (χ1n) is 8.78. The summed E-state index contributed by atoms with van der Waals surface area (Å²) in [5, 5.41) is 5.88. The first kappa shape index (κ1) is 20.5. The molecule has 0 bridgehead atoms. The number of morpholine rings is 1. The van der Waals surface area contributed by atoms with Crippen LogP contribution >= 0.6 is 0 Å². The van der Waals surface area contributed by atoms with Crippen LogP contribution in [0.25, 0.3) is 0 Å². The molecule has 1 aromatic rings. The Morgan fingerprint density at radius 1 is 1.27 bits per heavy atom. The molecule has 1 saturated heterocycles. The highest BCUT2D eigenvalue weighted by molar-refractivity contribution is 5.79. The lowest BCUT2D eigenvalue weighted by Gasteiger charge is -2.35. The first-order valence-corrected chi connectivity index (χ1v) is 8.78. The Morgan fingerprint density at radius 3 is 2.62 bits per heavy atom. The molecule has 2 N–H and O–H groups in total. The summed E-state index contributed by atoms with van der Waals surface area (Å²) in [4.78, 5) is 6.35. The van der Waals surface area contributed by atoms with Gasteiger partial charge in [-0.3, -0.25) is 9.89 Å². The van der Waals surface area contributed by atoms with Crippen LogP contribution in [0.1, 0.15) is 23.6 Å². The molecule has 1 aliphatic rings. The fourth-order valence-corrected chi connectivity index (χ4v) is 2.96. The van der Waals surface area contributed by atoms with E-state index in [0.29, 0.717) is 25.7 Å². The van der Waals surface area contributed by atoms with E-state index in [-0.39, 0.29) is 12.6 Å². The minimum Gasteiger partial charge on any atom is -0.379 e. The average molecular weight is 372 g/mol. The molecule has 1 aliphatic heterocycles. The number of nitrogens with one attached hydrogen (secondary N) is 2. The zero-order valence-electron chi connectivity index (χ0n) is 15.3. The van der Waals surface area contributed by atoms with E-state index in [0.717, 1.165) is 13.1 Å². The summed E-state index contributed by atoms with van der Waals surface area (Å²) in [6, 6.07) is 8.38. The van der Waals surface area contributed by atoms with E-state index in [1.165, 1.54) is 11.1 Å². The summed E-state index contributed by atoms with van der Waals surface area (Å²) >= 11 is 0. The second kappa shape index (κ2) is 9.78. The number of rotatable bonds is 6. The molecular weight excluding hydrogens is 345 g/mol. The molecule has 0 spiro atoms. The normalized spacial score (nSPS) is 17.8. The molecule has 26 heavy (non-hydrogen) atoms. The topological polar surface area (TPSA) is 48.9 Å². The molecule has 0 saturated carbocycles. The van der Waals surface area contributed by atoms with Crippen molar-refractivity contribution in [1.29, 1.82) is 0 Å². The van der Waals surface area contributed by atoms with Gasteiger partial charge >= 0.3 is 6.18 Å². The van der Waals surface area contributed by atoms with Crippen LogP contribution in [0.2, 0.25) is 0 Å². The van der Waals surface area contributed by atoms with Crippen molar-refractivity contribution in [3.05, 3.63) is 35.4 Å². The van der Waals surface area contributed by atoms with Crippen LogP contribution in [0, 0.1) is 6.92 Å². The number of aryl methyl sites for hydroxylation is 1. The van der Waals surface area contributed by atoms with Crippen LogP contribution in [0.5, 0.6) is 0 Å². The van der Waals surface area contributed by atoms with E-state index in [1.807, 2.05) is 19.1 Å². The Bertz CT molecular complexity index is 586. The van der Waals surface area contributed by atoms with Gasteiger partial charge in [0.15, 0.2) is 5.96 Å². The van der Waals surface area contributed by atoms with Crippen molar-refractivity contribution in [1.82, 2.24) is 15.5 Å². The number of halogens is 3. The number of ether oxygens (including phenoxy) is 1. The SMILES string of the molecule is CN=C(NCCC(F)(F)F)NCC(c1cccc(C)c1)N1CCOCC1. The summed E-state index contributed by atoms with van der Waals surface area (Å²) < 4.78 is 42.4. The molecule has 0 radical (unpaired) electrons. The zero-order valence-corrected chi connectivity index (χ0v) is 15.3. The van der Waals surface area contributed by atoms with Crippen LogP contribution in [0.3, 0.4) is 0 Å². The monoisotopic (exact) mass is 372 g/mol. The molecule has 1 unspecified atom stereocenters. The van der Waals surface area contributed by atoms with Crippen molar-refractivity contribution in [2.75, 3.05) is 46.4 Å². The number of hydrogen-bond donors (Lipinski definition) is 2. The van der Waals surface area contributed by atoms with E-state index in [9.17, 15) is 13.2 Å². The van der Waals surface area contributed by atoms with E-state index in [2.05, 4.69) is 32.7 Å². The summed E-state index contributed by atoms with van der Waals surface area (Å²) in [7, 11) is 1.55. The van der Waals surface area contributed by atoms with E-state index >= 15 is 0 Å². The summed E-state index contributed by atoms with van der Waals surface area (Å²) in [5.74, 6) is 0.375. The number of nitrogens with zero attached hydrogens (tertiary/aromatic N) is 2. The molecule has 2 rings (SSSR count). The Kier molecular flexibility index (Phi) is 7.71. The Balaban J connectivity index is 1.99. The smallest absolute Gasteiger partial charge is 0.379 e. The molecule has 0 aliphatic carbocycles. The average Bonchev–Trinajstić information content (AvgIpc) is 2.60. The van der Waals surface area contributed by atoms with Gasteiger partial charge in [-0.2, -0.15) is 13.2 Å². The van der Waals surface area contributed by atoms with E-state index in [4.69, 9.17) is 4.74 Å². The van der Waals surface area contributed by atoms with Crippen molar-refractivity contribution in [3.63, 3.8) is 0 Å². The van der Waals surface area contributed by atoms with Gasteiger partial charge in [-0.25, -0.2) is 0 Å². The molecule has 1 aromatic carbocycles. The molecule has 146 valence electrons. The predicted octanol–water partition coefficient (Wildman–Crippen LogP) is 2.49. The molecule has 1 fully saturated rings. The minimum atomic E-state index is -4.18. The number of guanidine groups is 1. The van der Waals surface area contributed by atoms with Gasteiger partial charge in [0.05, 0.1) is 25.7 Å². The minimum absolute atomic E-state index is 0.0972. The largest absolute Gasteiger partial charge is 0.390 e. The second-order valence-corrected chi connectivity index (χ2v) is 6.32. The van der Waals surface area contributed by atoms with Gasteiger partial charge in [-0.15, -0.1) is 0 Å². The van der Waals surface area contributed by atoms with Crippen LogP contribution in [0.15, 0.2) is 29.3 Å². The molecule has 1 atom stereocenters. The molecule has 5 nitrogen and oxygen atoms in total. The molecule has 8 heteroatoms. The predicted molar refractivity (Wildman–Crippen MR) is 96.3 cm³/mol. The number of alkyl halides is 3. The van der Waals surface area contributed by atoms with Crippen molar-refractivity contribution in [2.45, 2.75) is 25.6 Å². The van der Waals surface area contributed by atoms with Gasteiger partial charge in [-0.1, -0.05) is 29.8 Å².